The molecule has 6 heteroatoms. The molecule has 0 amide bonds. The van der Waals surface area contributed by atoms with E-state index in [0.717, 1.165) is 29.7 Å². The highest BCUT2D eigenvalue weighted by molar-refractivity contribution is 6.09. The Morgan fingerprint density at radius 2 is 1.82 bits per heavy atom. The van der Waals surface area contributed by atoms with Gasteiger partial charge in [0.25, 0.3) is 0 Å². The van der Waals surface area contributed by atoms with Gasteiger partial charge < -0.3 is 14.2 Å². The molecule has 0 radical (unpaired) electrons. The number of hydrogen-bond donors (Lipinski definition) is 0. The van der Waals surface area contributed by atoms with E-state index in [0.29, 0.717) is 35.6 Å². The Hall–Kier alpha value is -3.41. The first-order valence-electron chi connectivity index (χ1n) is 11.3. The number of methoxy groups -OCH3 is 2. The van der Waals surface area contributed by atoms with Crippen molar-refractivity contribution in [2.75, 3.05) is 20.8 Å². The molecule has 1 aliphatic carbocycles. The number of esters is 1. The fourth-order valence-corrected chi connectivity index (χ4v) is 4.81. The zero-order chi connectivity index (χ0) is 23.4. The molecule has 0 saturated carbocycles. The summed E-state index contributed by atoms with van der Waals surface area (Å²) >= 11 is 0. The number of rotatable bonds is 7. The minimum atomic E-state index is -0.706. The van der Waals surface area contributed by atoms with Crippen molar-refractivity contribution in [3.8, 4) is 11.5 Å². The fraction of sp³-hybridized carbons (Fsp3) is 0.370. The number of ether oxygens (including phenoxy) is 3. The van der Waals surface area contributed by atoms with Crippen LogP contribution < -0.4 is 9.47 Å². The number of carbonyl (C=O) groups excluding carboxylic acids is 2. The van der Waals surface area contributed by atoms with Gasteiger partial charge in [0.2, 0.25) is 0 Å². The van der Waals surface area contributed by atoms with Crippen molar-refractivity contribution in [2.45, 2.75) is 38.5 Å². The first-order chi connectivity index (χ1) is 16.0. The molecule has 0 spiro atoms. The van der Waals surface area contributed by atoms with Crippen molar-refractivity contribution in [2.24, 2.45) is 10.9 Å². The Balaban J connectivity index is 1.70. The number of aliphatic imine (C=N–C) groups is 1. The number of para-hydroxylation sites is 1. The van der Waals surface area contributed by atoms with E-state index in [1.165, 1.54) is 0 Å². The van der Waals surface area contributed by atoms with Crippen LogP contribution in [0.4, 0.5) is 0 Å². The Labute approximate surface area is 194 Å². The fourth-order valence-electron chi connectivity index (χ4n) is 4.81. The number of benzene rings is 2. The summed E-state index contributed by atoms with van der Waals surface area (Å²) in [6, 6.07) is 15.4. The van der Waals surface area contributed by atoms with E-state index < -0.39 is 11.8 Å². The smallest absolute Gasteiger partial charge is 0.315 e. The van der Waals surface area contributed by atoms with E-state index in [-0.39, 0.29) is 18.4 Å². The maximum Gasteiger partial charge on any atom is 0.315 e. The summed E-state index contributed by atoms with van der Waals surface area (Å²) in [5, 5.41) is 0. The molecule has 2 aliphatic rings. The summed E-state index contributed by atoms with van der Waals surface area (Å²) in [6.07, 6.45) is 2.56. The zero-order valence-electron chi connectivity index (χ0n) is 19.3. The van der Waals surface area contributed by atoms with Crippen molar-refractivity contribution in [3.63, 3.8) is 0 Å². The van der Waals surface area contributed by atoms with Crippen LogP contribution in [0.25, 0.3) is 0 Å². The van der Waals surface area contributed by atoms with Crippen LogP contribution in [0.3, 0.4) is 0 Å². The van der Waals surface area contributed by atoms with Crippen LogP contribution in [0.5, 0.6) is 11.5 Å². The minimum Gasteiger partial charge on any atom is -0.493 e. The van der Waals surface area contributed by atoms with Crippen LogP contribution in [-0.4, -0.2) is 38.3 Å². The van der Waals surface area contributed by atoms with Crippen LogP contribution in [0, 0.1) is 5.92 Å². The average Bonchev–Trinajstić information content (AvgIpc) is 2.83. The van der Waals surface area contributed by atoms with Gasteiger partial charge in [0, 0.05) is 41.3 Å². The molecule has 0 fully saturated rings. The van der Waals surface area contributed by atoms with Gasteiger partial charge in [0.1, 0.15) is 5.92 Å². The highest BCUT2D eigenvalue weighted by atomic mass is 16.5. The van der Waals surface area contributed by atoms with Gasteiger partial charge in [-0.15, -0.1) is 0 Å². The van der Waals surface area contributed by atoms with E-state index in [1.807, 2.05) is 49.4 Å². The molecule has 0 N–H and O–H groups in total. The molecule has 2 aromatic rings. The topological polar surface area (TPSA) is 74.2 Å². The second-order valence-corrected chi connectivity index (χ2v) is 8.33. The lowest BCUT2D eigenvalue weighted by molar-refractivity contribution is -0.146. The number of hydrogen-bond acceptors (Lipinski definition) is 6. The van der Waals surface area contributed by atoms with Crippen LogP contribution >= 0.6 is 0 Å². The molecule has 0 aromatic heterocycles. The number of nitrogens with zero attached hydrogens (tertiary/aromatic N) is 1. The first kappa shape index (κ1) is 22.8. The molecule has 172 valence electrons. The van der Waals surface area contributed by atoms with Crippen molar-refractivity contribution >= 4 is 17.5 Å². The third-order valence-electron chi connectivity index (χ3n) is 6.33. The van der Waals surface area contributed by atoms with Gasteiger partial charge >= 0.3 is 5.97 Å². The standard InChI is InChI=1S/C27H29NO5/c1-17-23(27(30)33-16-15-18-9-5-4-6-10-18)24(25-20(28-17)12-8-13-21(25)29)19-11-7-14-22(31-2)26(19)32-3/h4-7,9-11,14,23-24H,8,12-13,15-16H2,1-3H3/t23?,24-/m0/s1. The highest BCUT2D eigenvalue weighted by Gasteiger charge is 2.44. The SMILES string of the molecule is COc1cccc([C@@H]2C3=C(CCCC3=O)N=C(C)C2C(=O)OCCc2ccccc2)c1OC. The lowest BCUT2D eigenvalue weighted by atomic mass is 9.71. The van der Waals surface area contributed by atoms with E-state index in [4.69, 9.17) is 19.2 Å². The molecule has 6 nitrogen and oxygen atoms in total. The zero-order valence-corrected chi connectivity index (χ0v) is 19.3. The van der Waals surface area contributed by atoms with Gasteiger partial charge in [-0.3, -0.25) is 14.6 Å². The van der Waals surface area contributed by atoms with Crippen LogP contribution in [0.15, 0.2) is 64.8 Å². The predicted molar refractivity (Wildman–Crippen MR) is 126 cm³/mol. The van der Waals surface area contributed by atoms with Gasteiger partial charge in [-0.1, -0.05) is 42.5 Å². The normalized spacial score (nSPS) is 20.1. The molecule has 2 atom stereocenters. The summed E-state index contributed by atoms with van der Waals surface area (Å²) in [6.45, 7) is 2.10. The third kappa shape index (κ3) is 4.56. The van der Waals surface area contributed by atoms with Gasteiger partial charge in [-0.25, -0.2) is 0 Å². The molecule has 1 heterocycles. The second-order valence-electron chi connectivity index (χ2n) is 8.33. The van der Waals surface area contributed by atoms with E-state index >= 15 is 0 Å². The summed E-state index contributed by atoms with van der Waals surface area (Å²) in [5.74, 6) is -0.512. The first-order valence-corrected chi connectivity index (χ1v) is 11.3. The molecule has 1 unspecified atom stereocenters. The van der Waals surface area contributed by atoms with Crippen molar-refractivity contribution < 1.29 is 23.8 Å². The Morgan fingerprint density at radius 1 is 1.03 bits per heavy atom. The summed E-state index contributed by atoms with van der Waals surface area (Å²) in [7, 11) is 3.14. The molecular weight excluding hydrogens is 418 g/mol. The lowest BCUT2D eigenvalue weighted by Gasteiger charge is -2.35. The van der Waals surface area contributed by atoms with Crippen molar-refractivity contribution in [1.29, 1.82) is 0 Å². The van der Waals surface area contributed by atoms with Crippen LogP contribution in [0.2, 0.25) is 0 Å². The summed E-state index contributed by atoms with van der Waals surface area (Å²) in [5.41, 5.74) is 3.86. The van der Waals surface area contributed by atoms with E-state index in [2.05, 4.69) is 0 Å². The van der Waals surface area contributed by atoms with Gasteiger partial charge in [0.15, 0.2) is 17.3 Å². The van der Waals surface area contributed by atoms with E-state index in [1.54, 1.807) is 20.3 Å². The molecule has 0 saturated heterocycles. The minimum absolute atomic E-state index is 0.0319. The van der Waals surface area contributed by atoms with E-state index in [9.17, 15) is 9.59 Å². The highest BCUT2D eigenvalue weighted by Crippen LogP contribution is 2.48. The average molecular weight is 448 g/mol. The maximum atomic E-state index is 13.4. The Kier molecular flexibility index (Phi) is 6.92. The number of ketones is 1. The van der Waals surface area contributed by atoms with Gasteiger partial charge in [0.05, 0.1) is 20.8 Å². The van der Waals surface area contributed by atoms with Crippen LogP contribution in [-0.2, 0) is 20.7 Å². The van der Waals surface area contributed by atoms with Gasteiger partial charge in [-0.2, -0.15) is 0 Å². The van der Waals surface area contributed by atoms with Gasteiger partial charge in [-0.05, 0) is 31.4 Å². The van der Waals surface area contributed by atoms with Crippen LogP contribution in [0.1, 0.15) is 43.2 Å². The third-order valence-corrected chi connectivity index (χ3v) is 6.33. The molecule has 4 rings (SSSR count). The Morgan fingerprint density at radius 3 is 2.55 bits per heavy atom. The molecule has 0 bridgehead atoms. The number of allylic oxidation sites excluding steroid dienone is 2. The quantitative estimate of drug-likeness (QED) is 0.577. The molecule has 1 aliphatic heterocycles. The Bertz CT molecular complexity index is 1100. The largest absolute Gasteiger partial charge is 0.493 e. The molecular formula is C27H29NO5. The molecule has 2 aromatic carbocycles. The second kappa shape index (κ2) is 10.0. The molecule has 33 heavy (non-hydrogen) atoms. The monoisotopic (exact) mass is 447 g/mol. The number of Topliss-reactive ketones (excluding diaryl/α,β-unsaturated/α-hetero) is 1. The summed E-state index contributed by atoms with van der Waals surface area (Å²) < 4.78 is 16.9. The van der Waals surface area contributed by atoms with Crippen molar-refractivity contribution in [3.05, 3.63) is 70.9 Å². The predicted octanol–water partition coefficient (Wildman–Crippen LogP) is 4.67. The maximum absolute atomic E-state index is 13.4. The number of carbonyl (C=O) groups is 2. The lowest BCUT2D eigenvalue weighted by Crippen LogP contribution is -2.37. The summed E-state index contributed by atoms with van der Waals surface area (Å²) in [4.78, 5) is 31.2. The van der Waals surface area contributed by atoms with Crippen molar-refractivity contribution in [1.82, 2.24) is 0 Å².